The number of ether oxygens (including phenoxy) is 1. The fourth-order valence-electron chi connectivity index (χ4n) is 7.31. The predicted octanol–water partition coefficient (Wildman–Crippen LogP) is 6.31. The van der Waals surface area contributed by atoms with Crippen LogP contribution in [0.15, 0.2) is 77.7 Å². The number of rotatable bonds is 18. The van der Waals surface area contributed by atoms with Crippen LogP contribution in [0.2, 0.25) is 0 Å². The molecule has 3 aromatic heterocycles. The number of hydrogen-bond donors (Lipinski definition) is 3. The molecule has 1 saturated carbocycles. The number of piperidine rings is 1. The van der Waals surface area contributed by atoms with Gasteiger partial charge in [0.1, 0.15) is 18.1 Å². The molecule has 8 rings (SSSR count). The average Bonchev–Trinajstić information content (AvgIpc) is 3.65. The highest BCUT2D eigenvalue weighted by Crippen LogP contribution is 2.32. The third-order valence-electron chi connectivity index (χ3n) is 10.7. The lowest BCUT2D eigenvalue weighted by Gasteiger charge is -2.27. The van der Waals surface area contributed by atoms with Crippen LogP contribution in [-0.2, 0) is 27.2 Å². The summed E-state index contributed by atoms with van der Waals surface area (Å²) in [5.74, 6) is -1.31. The number of anilines is 2. The van der Waals surface area contributed by atoms with Crippen LogP contribution >= 0.6 is 0 Å². The topological polar surface area (TPSA) is 191 Å². The Labute approximate surface area is 342 Å². The fourth-order valence-corrected chi connectivity index (χ4v) is 7.31. The minimum absolute atomic E-state index is 0.0609. The van der Waals surface area contributed by atoms with Crippen molar-refractivity contribution in [2.45, 2.75) is 70.3 Å². The molecule has 15 nitrogen and oxygen atoms in total. The number of benzene rings is 2. The lowest BCUT2D eigenvalue weighted by molar-refractivity contribution is -0.136. The lowest BCUT2D eigenvalue weighted by atomic mass is 9.99. The smallest absolute Gasteiger partial charge is 0.284 e. The Morgan fingerprint density at radius 1 is 0.967 bits per heavy atom. The van der Waals surface area contributed by atoms with Crippen LogP contribution < -0.4 is 16.0 Å². The van der Waals surface area contributed by atoms with E-state index in [0.717, 1.165) is 36.3 Å². The van der Waals surface area contributed by atoms with E-state index < -0.39 is 47.7 Å². The molecule has 0 bridgehead atoms. The third-order valence-corrected chi connectivity index (χ3v) is 10.7. The molecule has 5 aromatic rings. The van der Waals surface area contributed by atoms with Crippen molar-refractivity contribution in [3.63, 3.8) is 0 Å². The van der Waals surface area contributed by atoms with E-state index in [4.69, 9.17) is 9.15 Å². The first-order chi connectivity index (χ1) is 29.1. The second-order valence-electron chi connectivity index (χ2n) is 15.0. The van der Waals surface area contributed by atoms with Crippen LogP contribution in [0.3, 0.4) is 0 Å². The molecule has 2 fully saturated rings. The van der Waals surface area contributed by atoms with E-state index in [9.17, 15) is 32.8 Å². The zero-order chi connectivity index (χ0) is 41.8. The third kappa shape index (κ3) is 9.00. The van der Waals surface area contributed by atoms with Gasteiger partial charge in [-0.15, -0.1) is 0 Å². The number of nitrogens with one attached hydrogen (secondary N) is 3. The van der Waals surface area contributed by atoms with E-state index >= 15 is 0 Å². The summed E-state index contributed by atoms with van der Waals surface area (Å²) in [4.78, 5) is 73.0. The monoisotopic (exact) mass is 820 g/mol. The van der Waals surface area contributed by atoms with Crippen molar-refractivity contribution in [2.24, 2.45) is 5.92 Å². The van der Waals surface area contributed by atoms with Gasteiger partial charge in [0.15, 0.2) is 11.4 Å². The van der Waals surface area contributed by atoms with Crippen molar-refractivity contribution in [3.8, 4) is 17.1 Å². The summed E-state index contributed by atoms with van der Waals surface area (Å²) in [5.41, 5.74) is 2.66. The molecule has 1 atom stereocenters. The Morgan fingerprint density at radius 3 is 2.57 bits per heavy atom. The van der Waals surface area contributed by atoms with Gasteiger partial charge >= 0.3 is 0 Å². The number of aryl methyl sites for hydroxylation is 2. The highest BCUT2D eigenvalue weighted by atomic mass is 19.3. The molecule has 1 saturated heterocycles. The molecular formula is C43H42F2N8O7. The van der Waals surface area contributed by atoms with Crippen LogP contribution in [0.25, 0.3) is 17.1 Å². The van der Waals surface area contributed by atoms with Crippen molar-refractivity contribution in [1.82, 2.24) is 30.0 Å². The van der Waals surface area contributed by atoms with E-state index in [2.05, 4.69) is 31.0 Å². The van der Waals surface area contributed by atoms with Gasteiger partial charge in [-0.25, -0.2) is 23.4 Å². The first-order valence-corrected chi connectivity index (χ1v) is 20.0. The van der Waals surface area contributed by atoms with Gasteiger partial charge in [-0.1, -0.05) is 24.3 Å². The molecule has 0 radical (unpaired) electrons. The largest absolute Gasteiger partial charge is 0.444 e. The van der Waals surface area contributed by atoms with Gasteiger partial charge < -0.3 is 19.8 Å². The second kappa shape index (κ2) is 17.7. The van der Waals surface area contributed by atoms with Gasteiger partial charge in [-0.3, -0.25) is 34.2 Å². The van der Waals surface area contributed by atoms with E-state index in [1.54, 1.807) is 48.7 Å². The Morgan fingerprint density at radius 2 is 1.78 bits per heavy atom. The maximum atomic E-state index is 14.0. The number of hydrogen-bond acceptors (Lipinski definition) is 11. The Kier molecular flexibility index (Phi) is 11.9. The summed E-state index contributed by atoms with van der Waals surface area (Å²) in [6, 6.07) is 14.9. The minimum Gasteiger partial charge on any atom is -0.444 e. The van der Waals surface area contributed by atoms with Gasteiger partial charge in [-0.2, -0.15) is 5.10 Å². The molecule has 2 aliphatic heterocycles. The van der Waals surface area contributed by atoms with Crippen LogP contribution in [0.1, 0.15) is 99.4 Å². The highest BCUT2D eigenvalue weighted by molar-refractivity contribution is 6.24. The van der Waals surface area contributed by atoms with Gasteiger partial charge in [0.25, 0.3) is 24.1 Å². The number of nitrogens with zero attached hydrogens (tertiary/aromatic N) is 5. The van der Waals surface area contributed by atoms with Crippen molar-refractivity contribution < 1.29 is 41.9 Å². The lowest BCUT2D eigenvalue weighted by Crippen LogP contribution is -2.54. The number of aromatic nitrogens is 4. The SMILES string of the molecule is O=C1CCC(N2C(=O)c3cccc(CCCOCCCCc4ccc(-n5cc(NC(=O)c6coc(-c7ccnc(NCC8CC8)c7)n6)c(C(F)F)n5)cc4)c3C2=O)C(=O)N1. The van der Waals surface area contributed by atoms with Crippen LogP contribution in [0, 0.1) is 5.92 Å². The molecule has 2 aromatic carbocycles. The van der Waals surface area contributed by atoms with Crippen LogP contribution in [-0.4, -0.2) is 80.0 Å². The van der Waals surface area contributed by atoms with Crippen molar-refractivity contribution in [3.05, 3.63) is 107 Å². The predicted molar refractivity (Wildman–Crippen MR) is 213 cm³/mol. The molecule has 5 amide bonds. The number of imide groups is 2. The zero-order valence-corrected chi connectivity index (χ0v) is 32.5. The fraction of sp³-hybridized carbons (Fsp3) is 0.349. The second-order valence-corrected chi connectivity index (χ2v) is 15.0. The zero-order valence-electron chi connectivity index (χ0n) is 32.5. The molecule has 60 heavy (non-hydrogen) atoms. The maximum absolute atomic E-state index is 14.0. The summed E-state index contributed by atoms with van der Waals surface area (Å²) in [5, 5.41) is 12.1. The average molecular weight is 821 g/mol. The number of unbranched alkanes of at least 4 members (excludes halogenated alkanes) is 1. The molecule has 310 valence electrons. The van der Waals surface area contributed by atoms with Crippen LogP contribution in [0.5, 0.6) is 0 Å². The van der Waals surface area contributed by atoms with E-state index in [-0.39, 0.29) is 35.7 Å². The Bertz CT molecular complexity index is 2430. The van der Waals surface area contributed by atoms with E-state index in [0.29, 0.717) is 60.2 Å². The van der Waals surface area contributed by atoms with Crippen molar-refractivity contribution in [2.75, 3.05) is 30.4 Å². The summed E-state index contributed by atoms with van der Waals surface area (Å²) < 4.78 is 40.8. The standard InChI is InChI=1S/C43H42F2N8O7/c44-38(45)37-31(48-39(55)32-24-60-41(49-32)28-17-18-46-34(21-28)47-22-26-9-10-26)23-52(51-37)29-13-11-25(12-14-29)5-1-2-19-59-20-4-7-27-6-3-8-30-36(27)43(58)53(42(30)57)33-15-16-35(54)50-40(33)56/h3,6,8,11-14,17-18,21,23-24,26,33,38H,1-2,4-5,7,9-10,15-16,19-20,22H2,(H,46,47)(H,48,55)(H,50,54,56). The number of pyridine rings is 1. The van der Waals surface area contributed by atoms with Gasteiger partial charge in [0.05, 0.1) is 28.7 Å². The number of oxazole rings is 1. The maximum Gasteiger partial charge on any atom is 0.284 e. The first-order valence-electron chi connectivity index (χ1n) is 20.0. The number of amides is 5. The summed E-state index contributed by atoms with van der Waals surface area (Å²) >= 11 is 0. The normalized spacial score (nSPS) is 16.4. The van der Waals surface area contributed by atoms with Gasteiger partial charge in [0, 0.05) is 37.9 Å². The Balaban J connectivity index is 0.780. The van der Waals surface area contributed by atoms with Crippen molar-refractivity contribution >= 4 is 41.0 Å². The number of halogens is 2. The number of fused-ring (bicyclic) bond motifs is 1. The molecule has 1 unspecified atom stereocenters. The molecule has 3 aliphatic rings. The Hall–Kier alpha value is -6.62. The molecular weight excluding hydrogens is 779 g/mol. The molecule has 1 aliphatic carbocycles. The number of carbonyl (C=O) groups excluding carboxylic acids is 5. The van der Waals surface area contributed by atoms with E-state index in [1.165, 1.54) is 30.0 Å². The van der Waals surface area contributed by atoms with Crippen LogP contribution in [0.4, 0.5) is 20.3 Å². The minimum atomic E-state index is -2.94. The first kappa shape index (κ1) is 40.2. The van der Waals surface area contributed by atoms with E-state index in [1.807, 2.05) is 12.1 Å². The summed E-state index contributed by atoms with van der Waals surface area (Å²) in [7, 11) is 0. The molecule has 5 heterocycles. The van der Waals surface area contributed by atoms with Crippen molar-refractivity contribution in [1.29, 1.82) is 0 Å². The quantitative estimate of drug-likeness (QED) is 0.0664. The summed E-state index contributed by atoms with van der Waals surface area (Å²) in [6.07, 6.45) is 7.28. The number of carbonyl (C=O) groups is 5. The summed E-state index contributed by atoms with van der Waals surface area (Å²) in [6.45, 7) is 1.81. The molecule has 17 heteroatoms. The highest BCUT2D eigenvalue weighted by Gasteiger charge is 2.45. The molecule has 0 spiro atoms. The number of alkyl halides is 2. The van der Waals surface area contributed by atoms with Gasteiger partial charge in [0.2, 0.25) is 17.7 Å². The van der Waals surface area contributed by atoms with Gasteiger partial charge in [-0.05, 0) is 98.7 Å². The molecule has 3 N–H and O–H groups in total.